The molecule has 1 aliphatic rings. The summed E-state index contributed by atoms with van der Waals surface area (Å²) in [5.74, 6) is 2.65. The minimum absolute atomic E-state index is 0.145. The summed E-state index contributed by atoms with van der Waals surface area (Å²) in [6.07, 6.45) is 9.15. The Morgan fingerprint density at radius 1 is 1.30 bits per heavy atom. The predicted molar refractivity (Wildman–Crippen MR) is 93.4 cm³/mol. The normalized spacial score (nSPS) is 21.1. The van der Waals surface area contributed by atoms with E-state index in [9.17, 15) is 4.79 Å². The summed E-state index contributed by atoms with van der Waals surface area (Å²) < 4.78 is 5.33. The highest BCUT2D eigenvalue weighted by Gasteiger charge is 2.25. The number of terminal acetylenes is 1. The zero-order valence-electron chi connectivity index (χ0n) is 14.2. The average molecular weight is 314 g/mol. The highest BCUT2D eigenvalue weighted by atomic mass is 16.6. The Bertz CT molecular complexity index is 584. The first kappa shape index (κ1) is 17.2. The van der Waals surface area contributed by atoms with Gasteiger partial charge in [0, 0.05) is 23.3 Å². The van der Waals surface area contributed by atoms with Crippen LogP contribution in [-0.2, 0) is 4.74 Å². The van der Waals surface area contributed by atoms with Crippen molar-refractivity contribution < 1.29 is 9.53 Å². The molecule has 2 atom stereocenters. The van der Waals surface area contributed by atoms with Gasteiger partial charge in [-0.1, -0.05) is 12.0 Å². The van der Waals surface area contributed by atoms with E-state index < -0.39 is 5.60 Å². The lowest BCUT2D eigenvalue weighted by molar-refractivity contribution is 0.0492. The summed E-state index contributed by atoms with van der Waals surface area (Å²) >= 11 is 0. The Labute approximate surface area is 139 Å². The number of amides is 1. The van der Waals surface area contributed by atoms with E-state index in [1.807, 2.05) is 45.0 Å². The number of hydrogen-bond acceptors (Lipinski definition) is 3. The van der Waals surface area contributed by atoms with Gasteiger partial charge < -0.3 is 15.4 Å². The van der Waals surface area contributed by atoms with Crippen molar-refractivity contribution in [3.8, 4) is 12.3 Å². The molecule has 0 bridgehead atoms. The minimum Gasteiger partial charge on any atom is -0.444 e. The SMILES string of the molecule is C#Cc1cccc(NC2CCCC(NC(=O)OC(C)(C)C)C2)c1. The van der Waals surface area contributed by atoms with Crippen LogP contribution in [0.15, 0.2) is 24.3 Å². The fourth-order valence-electron chi connectivity index (χ4n) is 2.86. The highest BCUT2D eigenvalue weighted by Crippen LogP contribution is 2.23. The van der Waals surface area contributed by atoms with Crippen molar-refractivity contribution >= 4 is 11.8 Å². The molecule has 1 amide bonds. The van der Waals surface area contributed by atoms with Gasteiger partial charge in [0.1, 0.15) is 5.60 Å². The van der Waals surface area contributed by atoms with Gasteiger partial charge in [-0.3, -0.25) is 0 Å². The van der Waals surface area contributed by atoms with Crippen molar-refractivity contribution in [2.45, 2.75) is 64.1 Å². The molecule has 124 valence electrons. The van der Waals surface area contributed by atoms with Gasteiger partial charge in [0.05, 0.1) is 0 Å². The fourth-order valence-corrected chi connectivity index (χ4v) is 2.86. The first-order valence-corrected chi connectivity index (χ1v) is 8.18. The molecule has 4 nitrogen and oxygen atoms in total. The topological polar surface area (TPSA) is 50.4 Å². The first-order chi connectivity index (χ1) is 10.9. The van der Waals surface area contributed by atoms with Gasteiger partial charge in [0.2, 0.25) is 0 Å². The van der Waals surface area contributed by atoms with Crippen LogP contribution in [0.25, 0.3) is 0 Å². The molecule has 2 unspecified atom stereocenters. The first-order valence-electron chi connectivity index (χ1n) is 8.18. The lowest BCUT2D eigenvalue weighted by atomic mass is 9.91. The Morgan fingerprint density at radius 2 is 2.04 bits per heavy atom. The molecule has 23 heavy (non-hydrogen) atoms. The highest BCUT2D eigenvalue weighted by molar-refractivity contribution is 5.68. The van der Waals surface area contributed by atoms with Crippen LogP contribution in [0.2, 0.25) is 0 Å². The Hall–Kier alpha value is -2.15. The van der Waals surface area contributed by atoms with Crippen molar-refractivity contribution in [1.29, 1.82) is 0 Å². The smallest absolute Gasteiger partial charge is 0.407 e. The molecule has 1 aromatic carbocycles. The number of hydrogen-bond donors (Lipinski definition) is 2. The molecule has 2 N–H and O–H groups in total. The van der Waals surface area contributed by atoms with Gasteiger partial charge in [0.25, 0.3) is 0 Å². The molecule has 1 aromatic rings. The number of benzene rings is 1. The van der Waals surface area contributed by atoms with E-state index in [4.69, 9.17) is 11.2 Å². The second-order valence-electron chi connectivity index (χ2n) is 7.08. The maximum Gasteiger partial charge on any atom is 0.407 e. The van der Waals surface area contributed by atoms with E-state index in [1.54, 1.807) is 0 Å². The van der Waals surface area contributed by atoms with Gasteiger partial charge >= 0.3 is 6.09 Å². The molecular formula is C19H26N2O2. The quantitative estimate of drug-likeness (QED) is 0.832. The summed E-state index contributed by atoms with van der Waals surface area (Å²) in [5, 5.41) is 6.50. The van der Waals surface area contributed by atoms with Crippen molar-refractivity contribution in [3.63, 3.8) is 0 Å². The van der Waals surface area contributed by atoms with Crippen LogP contribution in [0, 0.1) is 12.3 Å². The number of carbonyl (C=O) groups is 1. The van der Waals surface area contributed by atoms with E-state index in [0.29, 0.717) is 6.04 Å². The molecule has 0 aliphatic heterocycles. The van der Waals surface area contributed by atoms with Crippen LogP contribution < -0.4 is 10.6 Å². The third-order valence-corrected chi connectivity index (χ3v) is 3.80. The minimum atomic E-state index is -0.466. The zero-order valence-corrected chi connectivity index (χ0v) is 14.2. The van der Waals surface area contributed by atoms with Crippen LogP contribution in [-0.4, -0.2) is 23.8 Å². The zero-order chi connectivity index (χ0) is 16.9. The van der Waals surface area contributed by atoms with Crippen LogP contribution in [0.5, 0.6) is 0 Å². The Balaban J connectivity index is 1.88. The van der Waals surface area contributed by atoms with E-state index >= 15 is 0 Å². The van der Waals surface area contributed by atoms with Crippen molar-refractivity contribution in [2.75, 3.05) is 5.32 Å². The number of anilines is 1. The molecule has 1 aliphatic carbocycles. The number of nitrogens with one attached hydrogen (secondary N) is 2. The van der Waals surface area contributed by atoms with E-state index in [2.05, 4.69) is 16.6 Å². The fraction of sp³-hybridized carbons (Fsp3) is 0.526. The predicted octanol–water partition coefficient (Wildman–Crippen LogP) is 3.92. The lowest BCUT2D eigenvalue weighted by Gasteiger charge is -2.31. The molecular weight excluding hydrogens is 288 g/mol. The number of alkyl carbamates (subject to hydrolysis) is 1. The number of carbonyl (C=O) groups excluding carboxylic acids is 1. The maximum atomic E-state index is 11.9. The van der Waals surface area contributed by atoms with Gasteiger partial charge in [-0.25, -0.2) is 4.79 Å². The summed E-state index contributed by atoms with van der Waals surface area (Å²) in [6, 6.07) is 8.34. The average Bonchev–Trinajstić information content (AvgIpc) is 2.45. The summed E-state index contributed by atoms with van der Waals surface area (Å²) in [7, 11) is 0. The molecule has 1 fully saturated rings. The second-order valence-corrected chi connectivity index (χ2v) is 7.08. The van der Waals surface area contributed by atoms with Crippen LogP contribution in [0.3, 0.4) is 0 Å². The third kappa shape index (κ3) is 5.86. The molecule has 1 saturated carbocycles. The van der Waals surface area contributed by atoms with Crippen molar-refractivity contribution in [3.05, 3.63) is 29.8 Å². The molecule has 0 heterocycles. The third-order valence-electron chi connectivity index (χ3n) is 3.80. The van der Waals surface area contributed by atoms with Crippen LogP contribution in [0.4, 0.5) is 10.5 Å². The molecule has 0 spiro atoms. The van der Waals surface area contributed by atoms with E-state index in [0.717, 1.165) is 36.9 Å². The second kappa shape index (κ2) is 7.41. The van der Waals surface area contributed by atoms with Crippen LogP contribution in [0.1, 0.15) is 52.0 Å². The Kier molecular flexibility index (Phi) is 5.54. The monoisotopic (exact) mass is 314 g/mol. The summed E-state index contributed by atoms with van der Waals surface area (Å²) in [4.78, 5) is 11.9. The molecule has 2 rings (SSSR count). The maximum absolute atomic E-state index is 11.9. The Morgan fingerprint density at radius 3 is 2.74 bits per heavy atom. The van der Waals surface area contributed by atoms with Gasteiger partial charge in [0.15, 0.2) is 0 Å². The lowest BCUT2D eigenvalue weighted by Crippen LogP contribution is -2.43. The van der Waals surface area contributed by atoms with Crippen molar-refractivity contribution in [1.82, 2.24) is 5.32 Å². The number of ether oxygens (including phenoxy) is 1. The largest absolute Gasteiger partial charge is 0.444 e. The molecule has 0 aromatic heterocycles. The molecule has 0 saturated heterocycles. The summed E-state index contributed by atoms with van der Waals surface area (Å²) in [5.41, 5.74) is 1.43. The van der Waals surface area contributed by atoms with E-state index in [-0.39, 0.29) is 12.1 Å². The van der Waals surface area contributed by atoms with Crippen LogP contribution >= 0.6 is 0 Å². The van der Waals surface area contributed by atoms with Gasteiger partial charge in [-0.2, -0.15) is 0 Å². The van der Waals surface area contributed by atoms with E-state index in [1.165, 1.54) is 0 Å². The molecule has 0 radical (unpaired) electrons. The number of rotatable bonds is 3. The summed E-state index contributed by atoms with van der Waals surface area (Å²) in [6.45, 7) is 5.61. The standard InChI is InChI=1S/C19H26N2O2/c1-5-14-8-6-9-15(12-14)20-16-10-7-11-17(13-16)21-18(22)23-19(2,3)4/h1,6,8-9,12,16-17,20H,7,10-11,13H2,2-4H3,(H,21,22). The van der Waals surface area contributed by atoms with Gasteiger partial charge in [-0.15, -0.1) is 6.42 Å². The van der Waals surface area contributed by atoms with Gasteiger partial charge in [-0.05, 0) is 64.7 Å². The molecule has 4 heteroatoms. The van der Waals surface area contributed by atoms with Crippen molar-refractivity contribution in [2.24, 2.45) is 0 Å².